The lowest BCUT2D eigenvalue weighted by Crippen LogP contribution is -2.25. The highest BCUT2D eigenvalue weighted by Gasteiger charge is 2.29. The molecule has 1 aromatic carbocycles. The highest BCUT2D eigenvalue weighted by atomic mass is 32.1. The molecule has 0 atom stereocenters. The fourth-order valence-corrected chi connectivity index (χ4v) is 2.88. The molecule has 8 heteroatoms. The maximum absolute atomic E-state index is 12.0. The molecule has 0 radical (unpaired) electrons. The van der Waals surface area contributed by atoms with Gasteiger partial charge in [-0.1, -0.05) is 0 Å². The first kappa shape index (κ1) is 12.5. The van der Waals surface area contributed by atoms with Crippen molar-refractivity contribution in [2.24, 2.45) is 0 Å². The molecule has 1 aliphatic rings. The zero-order valence-corrected chi connectivity index (χ0v) is 11.1. The van der Waals surface area contributed by atoms with Crippen molar-refractivity contribution in [1.82, 2.24) is 4.98 Å². The molecule has 20 heavy (non-hydrogen) atoms. The summed E-state index contributed by atoms with van der Waals surface area (Å²) in [4.78, 5) is 28.7. The number of benzene rings is 1. The maximum atomic E-state index is 12.0. The van der Waals surface area contributed by atoms with E-state index in [2.05, 4.69) is 4.98 Å². The molecule has 2 aromatic rings. The first-order chi connectivity index (χ1) is 9.54. The summed E-state index contributed by atoms with van der Waals surface area (Å²) in [5, 5.41) is 11.2. The average Bonchev–Trinajstić information content (AvgIpc) is 2.94. The van der Waals surface area contributed by atoms with E-state index < -0.39 is 4.92 Å². The quantitative estimate of drug-likeness (QED) is 0.685. The van der Waals surface area contributed by atoms with Crippen LogP contribution in [0.4, 0.5) is 16.5 Å². The van der Waals surface area contributed by atoms with Crippen LogP contribution in [0.2, 0.25) is 0 Å². The van der Waals surface area contributed by atoms with Crippen LogP contribution in [0, 0.1) is 10.1 Å². The van der Waals surface area contributed by atoms with Gasteiger partial charge >= 0.3 is 0 Å². The van der Waals surface area contributed by atoms with E-state index in [9.17, 15) is 14.9 Å². The molecule has 0 aliphatic carbocycles. The van der Waals surface area contributed by atoms with Crippen LogP contribution < -0.4 is 10.6 Å². The number of carbonyl (C=O) groups is 1. The fourth-order valence-electron chi connectivity index (χ4n) is 2.21. The Bertz CT molecular complexity index is 712. The van der Waals surface area contributed by atoms with Crippen LogP contribution in [-0.4, -0.2) is 15.8 Å². The third-order valence-corrected chi connectivity index (χ3v) is 3.90. The Balaban J connectivity index is 1.92. The molecule has 2 heterocycles. The highest BCUT2D eigenvalue weighted by molar-refractivity contribution is 7.15. The van der Waals surface area contributed by atoms with Crippen LogP contribution in [0.1, 0.15) is 10.4 Å². The number of nitrogens with zero attached hydrogens (tertiary/aromatic N) is 3. The summed E-state index contributed by atoms with van der Waals surface area (Å²) < 4.78 is 0. The Morgan fingerprint density at radius 1 is 1.50 bits per heavy atom. The Labute approximate surface area is 117 Å². The number of nitrogens with two attached hydrogens (primary N) is 1. The van der Waals surface area contributed by atoms with E-state index in [0.29, 0.717) is 22.9 Å². The molecule has 0 unspecified atom stereocenters. The first-order valence-corrected chi connectivity index (χ1v) is 6.64. The van der Waals surface area contributed by atoms with Crippen LogP contribution in [0.5, 0.6) is 0 Å². The minimum atomic E-state index is -0.461. The van der Waals surface area contributed by atoms with Gasteiger partial charge in [-0.2, -0.15) is 0 Å². The van der Waals surface area contributed by atoms with Crippen molar-refractivity contribution in [3.05, 3.63) is 45.0 Å². The van der Waals surface area contributed by atoms with Gasteiger partial charge in [-0.05, 0) is 11.6 Å². The molecule has 0 bridgehead atoms. The SMILES string of the molecule is Nc1ncc(CN2C(=O)Cc3cc([N+](=O)[O-])ccc32)s1. The average molecular weight is 290 g/mol. The van der Waals surface area contributed by atoms with Crippen molar-refractivity contribution >= 4 is 33.8 Å². The van der Waals surface area contributed by atoms with Crippen LogP contribution in [0.15, 0.2) is 24.4 Å². The van der Waals surface area contributed by atoms with Gasteiger partial charge < -0.3 is 10.6 Å². The van der Waals surface area contributed by atoms with Crippen LogP contribution >= 0.6 is 11.3 Å². The lowest BCUT2D eigenvalue weighted by molar-refractivity contribution is -0.384. The van der Waals surface area contributed by atoms with Crippen LogP contribution in [0.25, 0.3) is 0 Å². The maximum Gasteiger partial charge on any atom is 0.269 e. The van der Waals surface area contributed by atoms with Gasteiger partial charge in [-0.25, -0.2) is 4.98 Å². The van der Waals surface area contributed by atoms with Crippen molar-refractivity contribution in [1.29, 1.82) is 0 Å². The third-order valence-electron chi connectivity index (χ3n) is 3.09. The number of hydrogen-bond acceptors (Lipinski definition) is 6. The number of aromatic nitrogens is 1. The summed E-state index contributed by atoms with van der Waals surface area (Å²) in [5.74, 6) is -0.0764. The number of non-ortho nitro benzene ring substituents is 1. The normalized spacial score (nSPS) is 13.6. The van der Waals surface area contributed by atoms with Gasteiger partial charge in [0.1, 0.15) is 0 Å². The smallest absolute Gasteiger partial charge is 0.269 e. The predicted octanol–water partition coefficient (Wildman–Crippen LogP) is 1.72. The Morgan fingerprint density at radius 2 is 2.30 bits per heavy atom. The summed E-state index contributed by atoms with van der Waals surface area (Å²) in [6.07, 6.45) is 1.82. The number of thiazole rings is 1. The molecule has 0 spiro atoms. The molecule has 2 N–H and O–H groups in total. The third kappa shape index (κ3) is 2.10. The number of amides is 1. The fraction of sp³-hybridized carbons (Fsp3) is 0.167. The number of hydrogen-bond donors (Lipinski definition) is 1. The minimum absolute atomic E-state index is 0.000403. The second-order valence-corrected chi connectivity index (χ2v) is 5.54. The molecule has 1 aliphatic heterocycles. The van der Waals surface area contributed by atoms with Gasteiger partial charge in [0.15, 0.2) is 5.13 Å². The zero-order valence-electron chi connectivity index (χ0n) is 10.3. The number of anilines is 2. The van der Waals surface area contributed by atoms with E-state index >= 15 is 0 Å². The first-order valence-electron chi connectivity index (χ1n) is 5.82. The Morgan fingerprint density at radius 3 is 2.95 bits per heavy atom. The second-order valence-electron chi connectivity index (χ2n) is 4.39. The van der Waals surface area contributed by atoms with E-state index in [1.165, 1.54) is 23.5 Å². The van der Waals surface area contributed by atoms with Crippen molar-refractivity contribution in [3.63, 3.8) is 0 Å². The molecule has 0 saturated heterocycles. The number of rotatable bonds is 3. The number of nitro benzene ring substituents is 1. The Hall–Kier alpha value is -2.48. The monoisotopic (exact) mass is 290 g/mol. The molecule has 1 aromatic heterocycles. The molecule has 7 nitrogen and oxygen atoms in total. The van der Waals surface area contributed by atoms with Crippen LogP contribution in [0.3, 0.4) is 0 Å². The summed E-state index contributed by atoms with van der Waals surface area (Å²) in [6.45, 7) is 0.387. The summed E-state index contributed by atoms with van der Waals surface area (Å²) >= 11 is 1.32. The highest BCUT2D eigenvalue weighted by Crippen LogP contribution is 2.33. The van der Waals surface area contributed by atoms with Gasteiger partial charge in [0.2, 0.25) is 5.91 Å². The Kier molecular flexibility index (Phi) is 2.87. The molecular weight excluding hydrogens is 280 g/mol. The lowest BCUT2D eigenvalue weighted by atomic mass is 10.1. The van der Waals surface area contributed by atoms with E-state index in [1.54, 1.807) is 17.2 Å². The summed E-state index contributed by atoms with van der Waals surface area (Å²) in [7, 11) is 0. The number of carbonyl (C=O) groups excluding carboxylic acids is 1. The van der Waals surface area contributed by atoms with E-state index in [1.807, 2.05) is 0 Å². The topological polar surface area (TPSA) is 102 Å². The molecule has 102 valence electrons. The number of nitro groups is 1. The summed E-state index contributed by atoms with van der Waals surface area (Å²) in [6, 6.07) is 4.47. The van der Waals surface area contributed by atoms with E-state index in [4.69, 9.17) is 5.73 Å². The predicted molar refractivity (Wildman–Crippen MR) is 74.5 cm³/mol. The van der Waals surface area contributed by atoms with E-state index in [0.717, 1.165) is 4.88 Å². The van der Waals surface area contributed by atoms with Gasteiger partial charge in [0.25, 0.3) is 5.69 Å². The van der Waals surface area contributed by atoms with Crippen molar-refractivity contribution in [3.8, 4) is 0 Å². The van der Waals surface area contributed by atoms with Crippen molar-refractivity contribution in [2.75, 3.05) is 10.6 Å². The van der Waals surface area contributed by atoms with Gasteiger partial charge in [0, 0.05) is 28.9 Å². The standard InChI is InChI=1S/C12H10N4O3S/c13-12-14-5-9(20-12)6-15-10-2-1-8(16(18)19)3-7(10)4-11(15)17/h1-3,5H,4,6H2,(H2,13,14). The second kappa shape index (κ2) is 4.57. The molecule has 0 fully saturated rings. The summed E-state index contributed by atoms with van der Waals surface area (Å²) in [5.41, 5.74) is 6.96. The van der Waals surface area contributed by atoms with Crippen molar-refractivity contribution < 1.29 is 9.72 Å². The lowest BCUT2D eigenvalue weighted by Gasteiger charge is -2.15. The van der Waals surface area contributed by atoms with E-state index in [-0.39, 0.29) is 18.0 Å². The molecule has 1 amide bonds. The minimum Gasteiger partial charge on any atom is -0.375 e. The zero-order chi connectivity index (χ0) is 14.3. The molecule has 0 saturated carbocycles. The molecule has 3 rings (SSSR count). The number of nitrogen functional groups attached to an aromatic ring is 1. The molecular formula is C12H10N4O3S. The number of fused-ring (bicyclic) bond motifs is 1. The largest absolute Gasteiger partial charge is 0.375 e. The van der Waals surface area contributed by atoms with Crippen LogP contribution in [-0.2, 0) is 17.8 Å². The van der Waals surface area contributed by atoms with Gasteiger partial charge in [0.05, 0.1) is 17.9 Å². The van der Waals surface area contributed by atoms with Gasteiger partial charge in [-0.15, -0.1) is 11.3 Å². The van der Waals surface area contributed by atoms with Gasteiger partial charge in [-0.3, -0.25) is 14.9 Å². The van der Waals surface area contributed by atoms with Crippen molar-refractivity contribution in [2.45, 2.75) is 13.0 Å².